The summed E-state index contributed by atoms with van der Waals surface area (Å²) >= 11 is 0. The first kappa shape index (κ1) is 13.2. The number of ether oxygens (including phenoxy) is 1. The molecular formula is C17H16O2. The van der Waals surface area contributed by atoms with Crippen LogP contribution in [0.15, 0.2) is 73.3 Å². The molecule has 0 bridgehead atoms. The molecule has 0 saturated heterocycles. The van der Waals surface area contributed by atoms with Gasteiger partial charge in [-0.25, -0.2) is 0 Å². The summed E-state index contributed by atoms with van der Waals surface area (Å²) in [5, 5.41) is 0. The number of Topliss-reactive ketones (excluding diaryl/α,β-unsaturated/α-hetero) is 1. The van der Waals surface area contributed by atoms with Crippen LogP contribution in [0.3, 0.4) is 0 Å². The molecule has 2 rings (SSSR count). The second-order valence-corrected chi connectivity index (χ2v) is 4.14. The Hall–Kier alpha value is -2.19. The van der Waals surface area contributed by atoms with E-state index in [1.807, 2.05) is 48.5 Å². The fourth-order valence-electron chi connectivity index (χ4n) is 1.87. The summed E-state index contributed by atoms with van der Waals surface area (Å²) in [6.07, 6.45) is 1.07. The summed E-state index contributed by atoms with van der Waals surface area (Å²) in [6.45, 7) is 3.97. The molecule has 0 saturated carbocycles. The molecule has 2 aromatic carbocycles. The van der Waals surface area contributed by atoms with Crippen LogP contribution in [0.25, 0.3) is 0 Å². The number of carbonyl (C=O) groups excluding carboxylic acids is 1. The highest BCUT2D eigenvalue weighted by molar-refractivity contribution is 6.00. The second-order valence-electron chi connectivity index (χ2n) is 4.14. The maximum atomic E-state index is 12.5. The highest BCUT2D eigenvalue weighted by atomic mass is 16.5. The number of ketones is 1. The fourth-order valence-corrected chi connectivity index (χ4v) is 1.87. The van der Waals surface area contributed by atoms with Gasteiger partial charge in [0.2, 0.25) is 0 Å². The Morgan fingerprint density at radius 2 is 1.63 bits per heavy atom. The fraction of sp³-hybridized carbons (Fsp3) is 0.118. The van der Waals surface area contributed by atoms with Gasteiger partial charge in [-0.15, -0.1) is 6.58 Å². The highest BCUT2D eigenvalue weighted by Gasteiger charge is 2.21. The lowest BCUT2D eigenvalue weighted by Gasteiger charge is -2.16. The largest absolute Gasteiger partial charge is 0.361 e. The first-order valence-electron chi connectivity index (χ1n) is 6.19. The molecule has 0 aliphatic heterocycles. The van der Waals surface area contributed by atoms with Crippen molar-refractivity contribution in [2.75, 3.05) is 6.61 Å². The predicted molar refractivity (Wildman–Crippen MR) is 76.1 cm³/mol. The molecule has 2 nitrogen and oxygen atoms in total. The Morgan fingerprint density at radius 3 is 2.21 bits per heavy atom. The topological polar surface area (TPSA) is 26.3 Å². The van der Waals surface area contributed by atoms with E-state index in [1.165, 1.54) is 0 Å². The summed E-state index contributed by atoms with van der Waals surface area (Å²) in [6, 6.07) is 18.7. The minimum atomic E-state index is -0.582. The van der Waals surface area contributed by atoms with E-state index in [1.54, 1.807) is 18.2 Å². The van der Waals surface area contributed by atoms with Gasteiger partial charge in [0.1, 0.15) is 6.10 Å². The summed E-state index contributed by atoms with van der Waals surface area (Å²) in [5.41, 5.74) is 1.51. The lowest BCUT2D eigenvalue weighted by molar-refractivity contribution is 0.0503. The quantitative estimate of drug-likeness (QED) is 0.577. The first-order chi connectivity index (χ1) is 9.33. The summed E-state index contributed by atoms with van der Waals surface area (Å²) in [7, 11) is 0. The zero-order valence-corrected chi connectivity index (χ0v) is 10.7. The summed E-state index contributed by atoms with van der Waals surface area (Å²) in [4.78, 5) is 12.5. The number of benzene rings is 2. The van der Waals surface area contributed by atoms with Gasteiger partial charge >= 0.3 is 0 Å². The highest BCUT2D eigenvalue weighted by Crippen LogP contribution is 2.22. The second kappa shape index (κ2) is 6.66. The SMILES string of the molecule is C=CCO[C@@H](C(=O)c1ccccc1)c1ccccc1. The molecule has 2 aromatic rings. The molecule has 0 fully saturated rings. The van der Waals surface area contributed by atoms with E-state index < -0.39 is 6.10 Å². The van der Waals surface area contributed by atoms with Crippen LogP contribution < -0.4 is 0 Å². The third-order valence-electron chi connectivity index (χ3n) is 2.78. The van der Waals surface area contributed by atoms with Gasteiger partial charge in [-0.3, -0.25) is 4.79 Å². The van der Waals surface area contributed by atoms with Crippen molar-refractivity contribution < 1.29 is 9.53 Å². The van der Waals surface area contributed by atoms with Crippen LogP contribution >= 0.6 is 0 Å². The van der Waals surface area contributed by atoms with Crippen molar-refractivity contribution in [3.63, 3.8) is 0 Å². The van der Waals surface area contributed by atoms with Gasteiger partial charge in [0.25, 0.3) is 0 Å². The Balaban J connectivity index is 2.28. The van der Waals surface area contributed by atoms with E-state index in [9.17, 15) is 4.79 Å². The molecule has 96 valence electrons. The van der Waals surface area contributed by atoms with Gasteiger partial charge in [-0.1, -0.05) is 66.7 Å². The van der Waals surface area contributed by atoms with Crippen molar-refractivity contribution in [3.8, 4) is 0 Å². The molecule has 1 atom stereocenters. The minimum absolute atomic E-state index is 0.0337. The molecule has 2 heteroatoms. The van der Waals surface area contributed by atoms with Crippen LogP contribution in [-0.2, 0) is 4.74 Å². The monoisotopic (exact) mass is 252 g/mol. The zero-order valence-electron chi connectivity index (χ0n) is 10.7. The lowest BCUT2D eigenvalue weighted by Crippen LogP contribution is -2.16. The molecule has 0 N–H and O–H groups in total. The average Bonchev–Trinajstić information content (AvgIpc) is 2.49. The van der Waals surface area contributed by atoms with E-state index in [4.69, 9.17) is 4.74 Å². The molecular weight excluding hydrogens is 236 g/mol. The molecule has 0 unspecified atom stereocenters. The van der Waals surface area contributed by atoms with E-state index in [-0.39, 0.29) is 5.78 Å². The van der Waals surface area contributed by atoms with Crippen LogP contribution in [0.1, 0.15) is 22.0 Å². The number of rotatable bonds is 6. The normalized spacial score (nSPS) is 11.8. The Labute approximate surface area is 113 Å². The Kier molecular flexibility index (Phi) is 4.65. The number of hydrogen-bond donors (Lipinski definition) is 0. The van der Waals surface area contributed by atoms with Gasteiger partial charge in [0.15, 0.2) is 5.78 Å². The summed E-state index contributed by atoms with van der Waals surface area (Å²) < 4.78 is 5.63. The number of carbonyl (C=O) groups is 1. The molecule has 0 amide bonds. The predicted octanol–water partition coefficient (Wildman–Crippen LogP) is 3.81. The van der Waals surface area contributed by atoms with Crippen LogP contribution in [0, 0.1) is 0 Å². The van der Waals surface area contributed by atoms with Gasteiger partial charge < -0.3 is 4.74 Å². The molecule has 0 aromatic heterocycles. The zero-order chi connectivity index (χ0) is 13.5. The van der Waals surface area contributed by atoms with E-state index in [2.05, 4.69) is 6.58 Å². The Bertz CT molecular complexity index is 532. The van der Waals surface area contributed by atoms with Crippen LogP contribution in [0.2, 0.25) is 0 Å². The van der Waals surface area contributed by atoms with Crippen LogP contribution in [0.4, 0.5) is 0 Å². The number of hydrogen-bond acceptors (Lipinski definition) is 2. The maximum Gasteiger partial charge on any atom is 0.196 e. The molecule has 0 heterocycles. The van der Waals surface area contributed by atoms with Crippen molar-refractivity contribution in [1.29, 1.82) is 0 Å². The Morgan fingerprint density at radius 1 is 1.05 bits per heavy atom. The third kappa shape index (κ3) is 3.39. The smallest absolute Gasteiger partial charge is 0.196 e. The standard InChI is InChI=1S/C17H16O2/c1-2-13-19-17(15-11-7-4-8-12-15)16(18)14-9-5-3-6-10-14/h2-12,17H,1,13H2/t17-/m1/s1. The van der Waals surface area contributed by atoms with E-state index in [0.29, 0.717) is 12.2 Å². The van der Waals surface area contributed by atoms with Crippen molar-refractivity contribution in [2.45, 2.75) is 6.10 Å². The minimum Gasteiger partial charge on any atom is -0.361 e. The van der Waals surface area contributed by atoms with Gasteiger partial charge in [-0.05, 0) is 5.56 Å². The van der Waals surface area contributed by atoms with Crippen molar-refractivity contribution in [1.82, 2.24) is 0 Å². The van der Waals surface area contributed by atoms with Crippen molar-refractivity contribution >= 4 is 5.78 Å². The summed E-state index contributed by atoms with van der Waals surface area (Å²) in [5.74, 6) is -0.0337. The molecule has 19 heavy (non-hydrogen) atoms. The molecule has 0 aliphatic rings. The lowest BCUT2D eigenvalue weighted by atomic mass is 10.00. The van der Waals surface area contributed by atoms with Gasteiger partial charge in [0.05, 0.1) is 6.61 Å². The van der Waals surface area contributed by atoms with Crippen LogP contribution in [-0.4, -0.2) is 12.4 Å². The van der Waals surface area contributed by atoms with Crippen LogP contribution in [0.5, 0.6) is 0 Å². The first-order valence-corrected chi connectivity index (χ1v) is 6.19. The van der Waals surface area contributed by atoms with Gasteiger partial charge in [0, 0.05) is 5.56 Å². The van der Waals surface area contributed by atoms with E-state index >= 15 is 0 Å². The molecule has 0 radical (unpaired) electrons. The maximum absolute atomic E-state index is 12.5. The van der Waals surface area contributed by atoms with Gasteiger partial charge in [-0.2, -0.15) is 0 Å². The molecule has 0 aliphatic carbocycles. The molecule has 0 spiro atoms. The van der Waals surface area contributed by atoms with E-state index in [0.717, 1.165) is 5.56 Å². The average molecular weight is 252 g/mol. The van der Waals surface area contributed by atoms with Crippen molar-refractivity contribution in [3.05, 3.63) is 84.4 Å². The van der Waals surface area contributed by atoms with Crippen molar-refractivity contribution in [2.24, 2.45) is 0 Å². The third-order valence-corrected chi connectivity index (χ3v) is 2.78.